The van der Waals surface area contributed by atoms with Crippen LogP contribution in [-0.2, 0) is 7.05 Å². The molecular formula is C6H9ClN2O. The van der Waals surface area contributed by atoms with E-state index in [2.05, 4.69) is 4.98 Å². The topological polar surface area (TPSA) is 38.1 Å². The number of hydrogen-bond acceptors (Lipinski definition) is 2. The van der Waals surface area contributed by atoms with Gasteiger partial charge in [-0.15, -0.1) is 0 Å². The second-order valence-corrected chi connectivity index (χ2v) is 2.57. The van der Waals surface area contributed by atoms with Crippen molar-refractivity contribution in [2.24, 2.45) is 7.05 Å². The first-order valence-corrected chi connectivity index (χ1v) is 3.35. The van der Waals surface area contributed by atoms with Gasteiger partial charge in [0.15, 0.2) is 5.15 Å². The Labute approximate surface area is 64.3 Å². The van der Waals surface area contributed by atoms with Crippen molar-refractivity contribution in [3.63, 3.8) is 0 Å². The van der Waals surface area contributed by atoms with E-state index >= 15 is 0 Å². The monoisotopic (exact) mass is 160 g/mol. The van der Waals surface area contributed by atoms with Gasteiger partial charge >= 0.3 is 0 Å². The number of aromatic nitrogens is 2. The van der Waals surface area contributed by atoms with Crippen molar-refractivity contribution in [2.75, 3.05) is 0 Å². The lowest BCUT2D eigenvalue weighted by Gasteiger charge is -2.04. The molecule has 1 heterocycles. The fourth-order valence-corrected chi connectivity index (χ4v) is 1.21. The standard InChI is InChI=1S/C6H9ClN2O/c1-4(10)5-6(7)8-3-9(5)2/h3-4,10H,1-2H3/t4-/m0/s1. The maximum absolute atomic E-state index is 9.13. The molecule has 10 heavy (non-hydrogen) atoms. The number of nitrogens with zero attached hydrogens (tertiary/aromatic N) is 2. The summed E-state index contributed by atoms with van der Waals surface area (Å²) >= 11 is 5.65. The summed E-state index contributed by atoms with van der Waals surface area (Å²) in [6.45, 7) is 1.66. The van der Waals surface area contributed by atoms with Gasteiger partial charge < -0.3 is 9.67 Å². The highest BCUT2D eigenvalue weighted by Gasteiger charge is 2.10. The second-order valence-electron chi connectivity index (χ2n) is 2.21. The normalized spacial score (nSPS) is 13.6. The summed E-state index contributed by atoms with van der Waals surface area (Å²) < 4.78 is 1.70. The molecule has 0 saturated heterocycles. The Balaban J connectivity index is 3.10. The van der Waals surface area contributed by atoms with Crippen LogP contribution in [0.25, 0.3) is 0 Å². The Morgan fingerprint density at radius 3 is 2.60 bits per heavy atom. The van der Waals surface area contributed by atoms with E-state index in [1.54, 1.807) is 24.9 Å². The molecule has 0 aliphatic heterocycles. The minimum absolute atomic E-state index is 0.373. The lowest BCUT2D eigenvalue weighted by Crippen LogP contribution is -1.99. The number of imidazole rings is 1. The van der Waals surface area contributed by atoms with Crippen molar-refractivity contribution in [1.82, 2.24) is 9.55 Å². The fourth-order valence-electron chi connectivity index (χ4n) is 0.878. The van der Waals surface area contributed by atoms with E-state index in [-0.39, 0.29) is 0 Å². The van der Waals surface area contributed by atoms with E-state index in [1.807, 2.05) is 0 Å². The lowest BCUT2D eigenvalue weighted by atomic mass is 10.3. The van der Waals surface area contributed by atoms with Gasteiger partial charge in [-0.05, 0) is 6.92 Å². The molecule has 1 aromatic heterocycles. The molecule has 1 aromatic rings. The van der Waals surface area contributed by atoms with Crippen molar-refractivity contribution in [1.29, 1.82) is 0 Å². The smallest absolute Gasteiger partial charge is 0.152 e. The van der Waals surface area contributed by atoms with Crippen molar-refractivity contribution in [2.45, 2.75) is 13.0 Å². The Bertz CT molecular complexity index is 212. The molecule has 1 atom stereocenters. The summed E-state index contributed by atoms with van der Waals surface area (Å²) in [5.41, 5.74) is 0.654. The zero-order valence-electron chi connectivity index (χ0n) is 5.87. The average Bonchev–Trinajstić information content (AvgIpc) is 2.11. The van der Waals surface area contributed by atoms with Crippen LogP contribution in [0.1, 0.15) is 18.7 Å². The zero-order valence-corrected chi connectivity index (χ0v) is 6.63. The van der Waals surface area contributed by atoms with Crippen molar-refractivity contribution < 1.29 is 5.11 Å². The third-order valence-electron chi connectivity index (χ3n) is 1.33. The second kappa shape index (κ2) is 2.60. The summed E-state index contributed by atoms with van der Waals surface area (Å²) in [7, 11) is 1.79. The molecule has 0 spiro atoms. The number of aryl methyl sites for hydroxylation is 1. The number of halogens is 1. The van der Waals surface area contributed by atoms with Crippen LogP contribution < -0.4 is 0 Å². The van der Waals surface area contributed by atoms with Gasteiger partial charge in [-0.3, -0.25) is 0 Å². The molecule has 0 fully saturated rings. The van der Waals surface area contributed by atoms with Gasteiger partial charge in [0.2, 0.25) is 0 Å². The maximum Gasteiger partial charge on any atom is 0.152 e. The van der Waals surface area contributed by atoms with E-state index in [0.717, 1.165) is 0 Å². The first kappa shape index (κ1) is 7.57. The Hall–Kier alpha value is -0.540. The van der Waals surface area contributed by atoms with Gasteiger partial charge in [0.05, 0.1) is 18.1 Å². The van der Waals surface area contributed by atoms with Gasteiger partial charge in [-0.25, -0.2) is 4.98 Å². The van der Waals surface area contributed by atoms with E-state index in [1.165, 1.54) is 0 Å². The summed E-state index contributed by atoms with van der Waals surface area (Å²) in [5.74, 6) is 0. The molecule has 56 valence electrons. The van der Waals surface area contributed by atoms with Gasteiger partial charge in [-0.1, -0.05) is 11.6 Å². The lowest BCUT2D eigenvalue weighted by molar-refractivity contribution is 0.190. The van der Waals surface area contributed by atoms with Gasteiger partial charge in [0, 0.05) is 7.05 Å². The Kier molecular flexibility index (Phi) is 1.97. The van der Waals surface area contributed by atoms with E-state index in [0.29, 0.717) is 10.8 Å². The molecule has 3 nitrogen and oxygen atoms in total. The highest BCUT2D eigenvalue weighted by molar-refractivity contribution is 6.30. The van der Waals surface area contributed by atoms with Crippen LogP contribution in [0.3, 0.4) is 0 Å². The molecule has 0 saturated carbocycles. The zero-order chi connectivity index (χ0) is 7.72. The minimum atomic E-state index is -0.556. The van der Waals surface area contributed by atoms with Crippen LogP contribution in [0.4, 0.5) is 0 Å². The molecule has 1 rings (SSSR count). The average molecular weight is 161 g/mol. The molecule has 0 aromatic carbocycles. The predicted octanol–water partition coefficient (Wildman–Crippen LogP) is 1.13. The predicted molar refractivity (Wildman–Crippen MR) is 38.9 cm³/mol. The van der Waals surface area contributed by atoms with Crippen LogP contribution in [0.15, 0.2) is 6.33 Å². The largest absolute Gasteiger partial charge is 0.387 e. The van der Waals surface area contributed by atoms with Crippen molar-refractivity contribution >= 4 is 11.6 Å². The molecular weight excluding hydrogens is 152 g/mol. The van der Waals surface area contributed by atoms with Crippen LogP contribution in [-0.4, -0.2) is 14.7 Å². The number of aliphatic hydroxyl groups excluding tert-OH is 1. The van der Waals surface area contributed by atoms with Crippen LogP contribution in [0, 0.1) is 0 Å². The third kappa shape index (κ3) is 1.15. The van der Waals surface area contributed by atoms with Gasteiger partial charge in [0.25, 0.3) is 0 Å². The highest BCUT2D eigenvalue weighted by atomic mass is 35.5. The first-order chi connectivity index (χ1) is 4.63. The molecule has 0 aliphatic rings. The molecule has 0 amide bonds. The molecule has 0 unspecified atom stereocenters. The number of hydrogen-bond donors (Lipinski definition) is 1. The van der Waals surface area contributed by atoms with Crippen LogP contribution in [0.2, 0.25) is 5.15 Å². The molecule has 1 N–H and O–H groups in total. The van der Waals surface area contributed by atoms with Crippen molar-refractivity contribution in [3.05, 3.63) is 17.2 Å². The van der Waals surface area contributed by atoms with Crippen LogP contribution in [0.5, 0.6) is 0 Å². The van der Waals surface area contributed by atoms with Gasteiger partial charge in [0.1, 0.15) is 0 Å². The summed E-state index contributed by atoms with van der Waals surface area (Å²) in [6, 6.07) is 0. The SMILES string of the molecule is C[C@H](O)c1c(Cl)ncn1C. The first-order valence-electron chi connectivity index (χ1n) is 2.97. The minimum Gasteiger partial charge on any atom is -0.387 e. The Morgan fingerprint density at radius 2 is 2.40 bits per heavy atom. The fraction of sp³-hybridized carbons (Fsp3) is 0.500. The van der Waals surface area contributed by atoms with E-state index in [9.17, 15) is 0 Å². The summed E-state index contributed by atoms with van der Waals surface area (Å²) in [5, 5.41) is 9.50. The van der Waals surface area contributed by atoms with Gasteiger partial charge in [-0.2, -0.15) is 0 Å². The quantitative estimate of drug-likeness (QED) is 0.669. The maximum atomic E-state index is 9.13. The summed E-state index contributed by atoms with van der Waals surface area (Å²) in [6.07, 6.45) is 1.02. The van der Waals surface area contributed by atoms with Crippen molar-refractivity contribution in [3.8, 4) is 0 Å². The van der Waals surface area contributed by atoms with E-state index < -0.39 is 6.10 Å². The third-order valence-corrected chi connectivity index (χ3v) is 1.62. The number of aliphatic hydroxyl groups is 1. The molecule has 0 aliphatic carbocycles. The molecule has 4 heteroatoms. The Morgan fingerprint density at radius 1 is 1.80 bits per heavy atom. The van der Waals surface area contributed by atoms with E-state index in [4.69, 9.17) is 16.7 Å². The summed E-state index contributed by atoms with van der Waals surface area (Å²) in [4.78, 5) is 3.81. The number of rotatable bonds is 1. The highest BCUT2D eigenvalue weighted by Crippen LogP contribution is 2.19. The van der Waals surface area contributed by atoms with Crippen LogP contribution >= 0.6 is 11.6 Å². The molecule has 0 radical (unpaired) electrons. The molecule has 0 bridgehead atoms.